The monoisotopic (exact) mass is 1490 g/mol. The first-order valence-corrected chi connectivity index (χ1v) is 42.4. The molecular weight excluding hydrogens is 1340 g/mol. The van der Waals surface area contributed by atoms with Gasteiger partial charge in [-0.1, -0.05) is 328 Å². The quantitative estimate of drug-likeness (QED) is 0.0252. The van der Waals surface area contributed by atoms with Gasteiger partial charge >= 0.3 is 5.97 Å². The van der Waals surface area contributed by atoms with Gasteiger partial charge in [0.2, 0.25) is 11.8 Å². The Bertz CT molecular complexity index is 2070. The molecule has 0 aromatic rings. The first kappa shape index (κ1) is 95.9. The molecule has 0 aromatic carbocycles. The fraction of sp³-hybridized carbons (Fsp3) is 0.963. The van der Waals surface area contributed by atoms with E-state index in [2.05, 4.69) is 24.5 Å². The van der Waals surface area contributed by atoms with E-state index in [0.29, 0.717) is 19.3 Å². The lowest BCUT2D eigenvalue weighted by molar-refractivity contribution is -0.386. The van der Waals surface area contributed by atoms with E-state index in [1.54, 1.807) is 0 Å². The Morgan fingerprint density at radius 3 is 1.20 bits per heavy atom. The third-order valence-electron chi connectivity index (χ3n) is 21.8. The van der Waals surface area contributed by atoms with Gasteiger partial charge in [-0.3, -0.25) is 9.59 Å². The maximum atomic E-state index is 13.6. The molecule has 23 heteroatoms. The number of hydrogen-bond donors (Lipinski definition) is 14. The normalized spacial score (nSPS) is 26.3. The fourth-order valence-electron chi connectivity index (χ4n) is 15.1. The molecule has 18 unspecified atom stereocenters. The van der Waals surface area contributed by atoms with E-state index in [1.807, 2.05) is 0 Å². The SMILES string of the molecule is CCCCCCCCCCCCCCCCCCCCCCCCCCCCCCCC(=O)NC(COC1OC(CO)C(OC2OC(CO)C(O)C(OC3(C(=O)O)CC(O)C(NC(C)=O)C(C(O)C(O)CO)O3)C2O)C(O)C1O)C(O)CCCCCCCCCCCCCCCCCCCCCCC. The number of carbonyl (C=O) groups excluding carboxylic acids is 2. The molecule has 0 saturated carbocycles. The highest BCUT2D eigenvalue weighted by molar-refractivity contribution is 5.77. The van der Waals surface area contributed by atoms with Crippen molar-refractivity contribution < 1.29 is 104 Å². The van der Waals surface area contributed by atoms with Crippen molar-refractivity contribution in [2.75, 3.05) is 26.4 Å². The summed E-state index contributed by atoms with van der Waals surface area (Å²) in [6.45, 7) is 2.28. The Kier molecular flexibility index (Phi) is 55.8. The molecule has 2 amide bonds. The Balaban J connectivity index is 1.48. The summed E-state index contributed by atoms with van der Waals surface area (Å²) in [5.74, 6) is -6.09. The second kappa shape index (κ2) is 60.5. The Morgan fingerprint density at radius 1 is 0.462 bits per heavy atom. The number of hydrogen-bond acceptors (Lipinski definition) is 20. The van der Waals surface area contributed by atoms with Crippen LogP contribution in [0.25, 0.3) is 0 Å². The number of aliphatic carboxylic acids is 1. The highest BCUT2D eigenvalue weighted by Gasteiger charge is 2.60. The van der Waals surface area contributed by atoms with Crippen LogP contribution >= 0.6 is 0 Å². The molecule has 0 radical (unpaired) electrons. The second-order valence-electron chi connectivity index (χ2n) is 31.1. The summed E-state index contributed by atoms with van der Waals surface area (Å²) in [5.41, 5.74) is 0. The lowest BCUT2D eigenvalue weighted by atomic mass is 9.88. The van der Waals surface area contributed by atoms with Crippen LogP contribution in [0.4, 0.5) is 0 Å². The van der Waals surface area contributed by atoms with Crippen molar-refractivity contribution in [3.63, 3.8) is 0 Å². The molecule has 3 saturated heterocycles. The topological polar surface area (TPSA) is 373 Å². The van der Waals surface area contributed by atoms with Crippen LogP contribution in [0.5, 0.6) is 0 Å². The average molecular weight is 1490 g/mol. The number of ether oxygens (including phenoxy) is 6. The number of carboxylic acid groups (broad SMARTS) is 1. The molecule has 104 heavy (non-hydrogen) atoms. The number of carbonyl (C=O) groups is 3. The largest absolute Gasteiger partial charge is 0.477 e. The lowest BCUT2D eigenvalue weighted by Gasteiger charge is -2.50. The van der Waals surface area contributed by atoms with E-state index in [-0.39, 0.29) is 18.9 Å². The van der Waals surface area contributed by atoms with Gasteiger partial charge in [0.1, 0.15) is 67.1 Å². The van der Waals surface area contributed by atoms with Crippen LogP contribution in [0.3, 0.4) is 0 Å². The fourth-order valence-corrected chi connectivity index (χ4v) is 15.1. The first-order valence-electron chi connectivity index (χ1n) is 42.4. The molecule has 18 atom stereocenters. The second-order valence-corrected chi connectivity index (χ2v) is 31.1. The van der Waals surface area contributed by atoms with Gasteiger partial charge in [0.05, 0.1) is 50.7 Å². The summed E-state index contributed by atoms with van der Waals surface area (Å²) in [6.07, 6.45) is 35.3. The summed E-state index contributed by atoms with van der Waals surface area (Å²) in [7, 11) is 0. The lowest BCUT2D eigenvalue weighted by Crippen LogP contribution is -2.70. The van der Waals surface area contributed by atoms with E-state index in [4.69, 9.17) is 28.4 Å². The minimum Gasteiger partial charge on any atom is -0.477 e. The third-order valence-corrected chi connectivity index (χ3v) is 21.8. The number of aliphatic hydroxyl groups is 11. The highest BCUT2D eigenvalue weighted by atomic mass is 16.8. The van der Waals surface area contributed by atoms with Gasteiger partial charge in [0.15, 0.2) is 12.6 Å². The highest BCUT2D eigenvalue weighted by Crippen LogP contribution is 2.39. The molecule has 3 heterocycles. The van der Waals surface area contributed by atoms with Crippen LogP contribution in [0.2, 0.25) is 0 Å². The van der Waals surface area contributed by atoms with Crippen LogP contribution in [-0.2, 0) is 42.8 Å². The van der Waals surface area contributed by atoms with Gasteiger partial charge in [0.25, 0.3) is 5.79 Å². The van der Waals surface area contributed by atoms with Crippen molar-refractivity contribution in [1.82, 2.24) is 10.6 Å². The molecule has 0 spiro atoms. The summed E-state index contributed by atoms with van der Waals surface area (Å²) < 4.78 is 35.0. The maximum Gasteiger partial charge on any atom is 0.364 e. The van der Waals surface area contributed by atoms with Gasteiger partial charge in [0, 0.05) is 19.8 Å². The van der Waals surface area contributed by atoms with Gasteiger partial charge in [-0.15, -0.1) is 0 Å². The molecule has 0 bridgehead atoms. The molecule has 614 valence electrons. The summed E-state index contributed by atoms with van der Waals surface area (Å²) in [4.78, 5) is 38.7. The molecule has 3 rings (SSSR count). The standard InChI is InChI=1S/C81H154N2O21/c1-4-6-8-10-12-14-16-18-20-22-24-26-27-28-29-30-31-32-33-35-37-39-41-43-45-47-49-51-53-55-68(91)83-62(63(88)54-52-50-48-46-44-42-40-38-36-34-25-23-21-19-17-15-13-11-9-7-5-2)60-99-78-73(95)72(94)75(67(59-86)101-78)102-79-74(96)77(71(93)66(58-85)100-79)104-81(80(97)98)56-64(89)69(82-61(3)87)76(103-81)70(92)65(90)57-84/h62-67,69-79,84-86,88-90,92-96H,4-60H2,1-3H3,(H,82,87)(H,83,91)(H,97,98). The summed E-state index contributed by atoms with van der Waals surface area (Å²) in [5, 5.41) is 137. The van der Waals surface area contributed by atoms with Crippen LogP contribution in [-0.4, -0.2) is 215 Å². The van der Waals surface area contributed by atoms with Gasteiger partial charge in [-0.2, -0.15) is 0 Å². The van der Waals surface area contributed by atoms with Crippen molar-refractivity contribution in [3.05, 3.63) is 0 Å². The number of aliphatic hydroxyl groups excluding tert-OH is 11. The van der Waals surface area contributed by atoms with Crippen molar-refractivity contribution in [1.29, 1.82) is 0 Å². The maximum absolute atomic E-state index is 13.6. The zero-order valence-corrected chi connectivity index (χ0v) is 65.2. The Hall–Kier alpha value is -2.27. The van der Waals surface area contributed by atoms with Crippen molar-refractivity contribution >= 4 is 17.8 Å². The first-order chi connectivity index (χ1) is 50.4. The van der Waals surface area contributed by atoms with Crippen LogP contribution < -0.4 is 10.6 Å². The Labute approximate surface area is 627 Å². The minimum absolute atomic E-state index is 0.230. The van der Waals surface area contributed by atoms with Crippen molar-refractivity contribution in [2.24, 2.45) is 0 Å². The number of nitrogens with one attached hydrogen (secondary N) is 2. The average Bonchev–Trinajstić information content (AvgIpc) is 0.756. The summed E-state index contributed by atoms with van der Waals surface area (Å²) >= 11 is 0. The molecule has 14 N–H and O–H groups in total. The molecule has 3 fully saturated rings. The summed E-state index contributed by atoms with van der Waals surface area (Å²) in [6, 6.07) is -2.53. The zero-order chi connectivity index (χ0) is 76.0. The number of amides is 2. The number of unbranched alkanes of at least 4 members (excludes halogenated alkanes) is 48. The van der Waals surface area contributed by atoms with Crippen LogP contribution in [0, 0.1) is 0 Å². The van der Waals surface area contributed by atoms with E-state index in [1.165, 1.54) is 263 Å². The van der Waals surface area contributed by atoms with Gasteiger partial charge < -0.3 is 100 Å². The van der Waals surface area contributed by atoms with E-state index >= 15 is 0 Å². The molecule has 0 aliphatic carbocycles. The van der Waals surface area contributed by atoms with E-state index in [0.717, 1.165) is 51.9 Å². The van der Waals surface area contributed by atoms with Crippen LogP contribution in [0.15, 0.2) is 0 Å². The smallest absolute Gasteiger partial charge is 0.364 e. The minimum atomic E-state index is -3.08. The van der Waals surface area contributed by atoms with E-state index < -0.39 is 148 Å². The van der Waals surface area contributed by atoms with Crippen molar-refractivity contribution in [2.45, 2.75) is 471 Å². The third kappa shape index (κ3) is 40.1. The molecule has 3 aliphatic heterocycles. The molecule has 3 aliphatic rings. The predicted octanol–water partition coefficient (Wildman–Crippen LogP) is 12.0. The van der Waals surface area contributed by atoms with Gasteiger partial charge in [-0.05, 0) is 12.8 Å². The number of rotatable bonds is 68. The molecule has 0 aromatic heterocycles. The van der Waals surface area contributed by atoms with Crippen molar-refractivity contribution in [3.8, 4) is 0 Å². The Morgan fingerprint density at radius 2 is 0.837 bits per heavy atom. The predicted molar refractivity (Wildman–Crippen MR) is 403 cm³/mol. The van der Waals surface area contributed by atoms with Gasteiger partial charge in [-0.25, -0.2) is 4.79 Å². The molecular formula is C81H154N2O21. The zero-order valence-electron chi connectivity index (χ0n) is 65.2. The van der Waals surface area contributed by atoms with E-state index in [9.17, 15) is 75.7 Å². The van der Waals surface area contributed by atoms with Crippen LogP contribution in [0.1, 0.15) is 361 Å². The number of carboxylic acids is 1. The molecule has 23 nitrogen and oxygen atoms in total.